The number of halogens is 1. The van der Waals surface area contributed by atoms with Crippen molar-refractivity contribution in [2.45, 2.75) is 17.7 Å². The summed E-state index contributed by atoms with van der Waals surface area (Å²) in [6.07, 6.45) is 3.66. The Morgan fingerprint density at radius 3 is 2.61 bits per heavy atom. The Balaban J connectivity index is 2.17. The van der Waals surface area contributed by atoms with E-state index in [1.807, 2.05) is 0 Å². The molecule has 2 N–H and O–H groups in total. The summed E-state index contributed by atoms with van der Waals surface area (Å²) in [6.45, 7) is 1.44. The molecule has 0 amide bonds. The molecule has 2 rings (SSSR count). The highest BCUT2D eigenvalue weighted by Crippen LogP contribution is 2.23. The Morgan fingerprint density at radius 2 is 2.06 bits per heavy atom. The van der Waals surface area contributed by atoms with E-state index < -0.39 is 15.8 Å². The number of sulfonamides is 1. The molecular formula is C11H16FN3O2S. The molecule has 100 valence electrons. The molecule has 18 heavy (non-hydrogen) atoms. The van der Waals surface area contributed by atoms with Crippen LogP contribution in [0.3, 0.4) is 0 Å². The molecule has 1 aromatic heterocycles. The Labute approximate surface area is 106 Å². The van der Waals surface area contributed by atoms with E-state index in [-0.39, 0.29) is 4.90 Å². The fraction of sp³-hybridized carbons (Fsp3) is 0.545. The first-order valence-electron chi connectivity index (χ1n) is 5.85. The second-order valence-corrected chi connectivity index (χ2v) is 6.36. The molecule has 2 heterocycles. The first-order valence-corrected chi connectivity index (χ1v) is 7.29. The van der Waals surface area contributed by atoms with Crippen LogP contribution in [-0.2, 0) is 10.0 Å². The van der Waals surface area contributed by atoms with Crippen LogP contribution in [0.4, 0.5) is 4.39 Å². The van der Waals surface area contributed by atoms with E-state index in [1.54, 1.807) is 0 Å². The highest BCUT2D eigenvalue weighted by Gasteiger charge is 2.29. The number of pyridine rings is 1. The van der Waals surface area contributed by atoms with Gasteiger partial charge in [-0.25, -0.2) is 12.8 Å². The Kier molecular flexibility index (Phi) is 3.94. The molecule has 0 atom stereocenters. The summed E-state index contributed by atoms with van der Waals surface area (Å²) in [5.41, 5.74) is 5.56. The van der Waals surface area contributed by atoms with Gasteiger partial charge in [-0.15, -0.1) is 0 Å². The number of nitrogens with zero attached hydrogens (tertiary/aromatic N) is 2. The summed E-state index contributed by atoms with van der Waals surface area (Å²) in [4.78, 5) is 3.49. The van der Waals surface area contributed by atoms with Crippen LogP contribution < -0.4 is 5.73 Å². The van der Waals surface area contributed by atoms with Gasteiger partial charge in [0, 0.05) is 19.3 Å². The Bertz CT molecular complexity index is 513. The minimum atomic E-state index is -3.63. The molecule has 0 bridgehead atoms. The number of hydrogen-bond donors (Lipinski definition) is 1. The summed E-state index contributed by atoms with van der Waals surface area (Å²) in [5, 5.41) is 0. The normalized spacial score (nSPS) is 19.0. The van der Waals surface area contributed by atoms with Crippen LogP contribution in [-0.4, -0.2) is 37.3 Å². The molecule has 5 nitrogen and oxygen atoms in total. The highest BCUT2D eigenvalue weighted by molar-refractivity contribution is 7.89. The lowest BCUT2D eigenvalue weighted by Crippen LogP contribution is -2.40. The van der Waals surface area contributed by atoms with E-state index in [0.29, 0.717) is 25.6 Å². The zero-order chi connectivity index (χ0) is 13.2. The van der Waals surface area contributed by atoms with Crippen molar-refractivity contribution in [3.05, 3.63) is 24.3 Å². The molecule has 0 aromatic carbocycles. The van der Waals surface area contributed by atoms with Gasteiger partial charge < -0.3 is 5.73 Å². The van der Waals surface area contributed by atoms with Gasteiger partial charge in [-0.1, -0.05) is 0 Å². The van der Waals surface area contributed by atoms with E-state index in [4.69, 9.17) is 5.73 Å². The molecule has 7 heteroatoms. The van der Waals surface area contributed by atoms with Crippen LogP contribution >= 0.6 is 0 Å². The van der Waals surface area contributed by atoms with Gasteiger partial charge in [-0.2, -0.15) is 4.31 Å². The highest BCUT2D eigenvalue weighted by atomic mass is 32.2. The molecule has 0 radical (unpaired) electrons. The molecular weight excluding hydrogens is 257 g/mol. The summed E-state index contributed by atoms with van der Waals surface area (Å²) in [6, 6.07) is 0.997. The number of rotatable bonds is 3. The lowest BCUT2D eigenvalue weighted by Gasteiger charge is -2.30. The minimum Gasteiger partial charge on any atom is -0.330 e. The van der Waals surface area contributed by atoms with E-state index >= 15 is 0 Å². The van der Waals surface area contributed by atoms with Crippen molar-refractivity contribution in [1.82, 2.24) is 9.29 Å². The van der Waals surface area contributed by atoms with Crippen molar-refractivity contribution in [3.63, 3.8) is 0 Å². The quantitative estimate of drug-likeness (QED) is 0.874. The van der Waals surface area contributed by atoms with Crippen LogP contribution in [0.25, 0.3) is 0 Å². The topological polar surface area (TPSA) is 76.3 Å². The lowest BCUT2D eigenvalue weighted by atomic mass is 9.99. The average Bonchev–Trinajstić information content (AvgIpc) is 2.39. The number of hydrogen-bond acceptors (Lipinski definition) is 4. The van der Waals surface area contributed by atoms with E-state index in [0.717, 1.165) is 25.1 Å². The number of piperidine rings is 1. The molecule has 1 saturated heterocycles. The molecule has 1 aliphatic heterocycles. The third-order valence-corrected chi connectivity index (χ3v) is 5.09. The molecule has 1 aliphatic rings. The molecule has 1 aromatic rings. The second-order valence-electron chi connectivity index (χ2n) is 4.42. The predicted octanol–water partition coefficient (Wildman–Crippen LogP) is 0.580. The third-order valence-electron chi connectivity index (χ3n) is 3.22. The van der Waals surface area contributed by atoms with Gasteiger partial charge in [0.25, 0.3) is 0 Å². The van der Waals surface area contributed by atoms with Crippen LogP contribution in [0.2, 0.25) is 0 Å². The fourth-order valence-corrected chi connectivity index (χ4v) is 3.51. The fourth-order valence-electron chi connectivity index (χ4n) is 2.07. The maximum Gasteiger partial charge on any atom is 0.244 e. The summed E-state index contributed by atoms with van der Waals surface area (Å²) < 4.78 is 38.8. The summed E-state index contributed by atoms with van der Waals surface area (Å²) in [5.74, 6) is -0.269. The SMILES string of the molecule is NCC1CCN(S(=O)(=O)c2cncc(F)c2)CC1. The van der Waals surface area contributed by atoms with Gasteiger partial charge in [-0.05, 0) is 31.4 Å². The van der Waals surface area contributed by atoms with Crippen LogP contribution in [0.15, 0.2) is 23.4 Å². The zero-order valence-corrected chi connectivity index (χ0v) is 10.7. The average molecular weight is 273 g/mol. The Hall–Kier alpha value is -1.05. The van der Waals surface area contributed by atoms with Crippen LogP contribution in [0.1, 0.15) is 12.8 Å². The van der Waals surface area contributed by atoms with Gasteiger partial charge in [0.15, 0.2) is 0 Å². The first kappa shape index (κ1) is 13.4. The van der Waals surface area contributed by atoms with E-state index in [1.165, 1.54) is 10.5 Å². The van der Waals surface area contributed by atoms with Gasteiger partial charge in [-0.3, -0.25) is 4.98 Å². The van der Waals surface area contributed by atoms with Crippen LogP contribution in [0.5, 0.6) is 0 Å². The standard InChI is InChI=1S/C11H16FN3O2S/c12-10-5-11(8-14-7-10)18(16,17)15-3-1-9(6-13)2-4-15/h5,7-9H,1-4,6,13H2. The van der Waals surface area contributed by atoms with Gasteiger partial charge >= 0.3 is 0 Å². The molecule has 0 spiro atoms. The summed E-state index contributed by atoms with van der Waals surface area (Å²) >= 11 is 0. The number of nitrogens with two attached hydrogens (primary N) is 1. The van der Waals surface area contributed by atoms with Crippen molar-refractivity contribution >= 4 is 10.0 Å². The van der Waals surface area contributed by atoms with Crippen LogP contribution in [0, 0.1) is 11.7 Å². The van der Waals surface area contributed by atoms with E-state index in [9.17, 15) is 12.8 Å². The molecule has 0 saturated carbocycles. The van der Waals surface area contributed by atoms with Gasteiger partial charge in [0.2, 0.25) is 10.0 Å². The van der Waals surface area contributed by atoms with Crippen molar-refractivity contribution in [2.75, 3.05) is 19.6 Å². The van der Waals surface area contributed by atoms with Crippen molar-refractivity contribution < 1.29 is 12.8 Å². The monoisotopic (exact) mass is 273 g/mol. The molecule has 0 aliphatic carbocycles. The maximum atomic E-state index is 13.0. The predicted molar refractivity (Wildman–Crippen MR) is 64.7 cm³/mol. The number of aromatic nitrogens is 1. The Morgan fingerprint density at radius 1 is 1.39 bits per heavy atom. The minimum absolute atomic E-state index is 0.0892. The largest absolute Gasteiger partial charge is 0.330 e. The maximum absolute atomic E-state index is 13.0. The van der Waals surface area contributed by atoms with Crippen molar-refractivity contribution in [2.24, 2.45) is 11.7 Å². The van der Waals surface area contributed by atoms with Gasteiger partial charge in [0.05, 0.1) is 6.20 Å². The van der Waals surface area contributed by atoms with Crippen molar-refractivity contribution in [3.8, 4) is 0 Å². The van der Waals surface area contributed by atoms with Gasteiger partial charge in [0.1, 0.15) is 10.7 Å². The van der Waals surface area contributed by atoms with Crippen molar-refractivity contribution in [1.29, 1.82) is 0 Å². The smallest absolute Gasteiger partial charge is 0.244 e. The summed E-state index contributed by atoms with van der Waals surface area (Å²) in [7, 11) is -3.63. The molecule has 0 unspecified atom stereocenters. The van der Waals surface area contributed by atoms with E-state index in [2.05, 4.69) is 4.98 Å². The zero-order valence-electron chi connectivity index (χ0n) is 9.92. The first-order chi connectivity index (χ1) is 8.54. The second kappa shape index (κ2) is 5.29. The molecule has 1 fully saturated rings. The lowest BCUT2D eigenvalue weighted by molar-refractivity contribution is 0.278. The third kappa shape index (κ3) is 2.68.